The van der Waals surface area contributed by atoms with Crippen LogP contribution in [-0.2, 0) is 13.6 Å². The van der Waals surface area contributed by atoms with Crippen LogP contribution in [0, 0.1) is 13.8 Å². The summed E-state index contributed by atoms with van der Waals surface area (Å²) >= 11 is 7.60. The molecule has 130 valence electrons. The second-order valence-corrected chi connectivity index (χ2v) is 7.11. The molecule has 8 heteroatoms. The van der Waals surface area contributed by atoms with Gasteiger partial charge in [-0.3, -0.25) is 4.79 Å². The maximum absolute atomic E-state index is 12.6. The Morgan fingerprint density at radius 2 is 2.04 bits per heavy atom. The number of halogens is 1. The van der Waals surface area contributed by atoms with E-state index in [1.165, 1.54) is 11.8 Å². The molecule has 0 N–H and O–H groups in total. The van der Waals surface area contributed by atoms with Gasteiger partial charge in [-0.1, -0.05) is 41.6 Å². The summed E-state index contributed by atoms with van der Waals surface area (Å²) in [6.45, 7) is 4.61. The Morgan fingerprint density at radius 3 is 2.72 bits per heavy atom. The lowest BCUT2D eigenvalue weighted by Crippen LogP contribution is -2.08. The van der Waals surface area contributed by atoms with E-state index in [4.69, 9.17) is 11.6 Å². The van der Waals surface area contributed by atoms with E-state index in [1.54, 1.807) is 11.7 Å². The number of nitrogens with zero attached hydrogens (tertiary/aromatic N) is 5. The highest BCUT2D eigenvalue weighted by molar-refractivity contribution is 7.99. The Balaban J connectivity index is 1.78. The summed E-state index contributed by atoms with van der Waals surface area (Å²) in [5.41, 5.74) is 3.74. The molecule has 3 aromatic rings. The molecule has 3 rings (SSSR count). The van der Waals surface area contributed by atoms with Crippen molar-refractivity contribution >= 4 is 29.1 Å². The van der Waals surface area contributed by atoms with Crippen molar-refractivity contribution in [3.63, 3.8) is 0 Å². The molecule has 2 aromatic heterocycles. The Labute approximate surface area is 155 Å². The largest absolute Gasteiger partial charge is 0.344 e. The van der Waals surface area contributed by atoms with Crippen LogP contribution in [0.2, 0.25) is 5.02 Å². The first kappa shape index (κ1) is 17.7. The van der Waals surface area contributed by atoms with E-state index in [0.29, 0.717) is 17.5 Å². The smallest absolute Gasteiger partial charge is 0.209 e. The Bertz CT molecular complexity index is 918. The number of ketones is 1. The highest BCUT2D eigenvalue weighted by atomic mass is 35.5. The summed E-state index contributed by atoms with van der Waals surface area (Å²) in [7, 11) is 1.75. The van der Waals surface area contributed by atoms with Crippen LogP contribution >= 0.6 is 23.4 Å². The van der Waals surface area contributed by atoms with Gasteiger partial charge in [0.15, 0.2) is 5.78 Å². The first-order chi connectivity index (χ1) is 12.0. The minimum absolute atomic E-state index is 0.0616. The van der Waals surface area contributed by atoms with E-state index in [0.717, 1.165) is 27.5 Å². The third kappa shape index (κ3) is 3.77. The lowest BCUT2D eigenvalue weighted by atomic mass is 10.2. The monoisotopic (exact) mass is 375 g/mol. The second kappa shape index (κ2) is 7.41. The van der Waals surface area contributed by atoms with Crippen LogP contribution in [0.25, 0.3) is 0 Å². The summed E-state index contributed by atoms with van der Waals surface area (Å²) in [5, 5.41) is 12.6. The fourth-order valence-corrected chi connectivity index (χ4v) is 3.60. The molecule has 0 aliphatic rings. The standard InChI is InChI=1S/C17H18ClN5OS/c1-11-8-14(16(24)10-25-17-19-20-21-22(17)3)12(2)23(11)9-13-6-4-5-7-15(13)18/h4-8H,9-10H2,1-3H3. The van der Waals surface area contributed by atoms with Gasteiger partial charge in [0.05, 0.1) is 5.75 Å². The Kier molecular flexibility index (Phi) is 5.24. The molecular formula is C17H18ClN5OS. The number of Topliss-reactive ketones (excluding diaryl/α,β-unsaturated/α-hetero) is 1. The lowest BCUT2D eigenvalue weighted by molar-refractivity contribution is 0.102. The van der Waals surface area contributed by atoms with Gasteiger partial charge in [-0.05, 0) is 42.0 Å². The fraction of sp³-hybridized carbons (Fsp3) is 0.294. The third-order valence-corrected chi connectivity index (χ3v) is 5.45. The SMILES string of the molecule is Cc1cc(C(=O)CSc2nnnn2C)c(C)n1Cc1ccccc1Cl. The zero-order valence-corrected chi connectivity index (χ0v) is 15.8. The van der Waals surface area contributed by atoms with Crippen LogP contribution in [0.15, 0.2) is 35.5 Å². The average Bonchev–Trinajstić information content (AvgIpc) is 3.12. The maximum Gasteiger partial charge on any atom is 0.209 e. The third-order valence-electron chi connectivity index (χ3n) is 4.07. The number of carbonyl (C=O) groups is 1. The van der Waals surface area contributed by atoms with Crippen molar-refractivity contribution in [3.05, 3.63) is 57.9 Å². The summed E-state index contributed by atoms with van der Waals surface area (Å²) in [6, 6.07) is 9.69. The van der Waals surface area contributed by atoms with Gasteiger partial charge in [0, 0.05) is 35.6 Å². The molecule has 25 heavy (non-hydrogen) atoms. The summed E-state index contributed by atoms with van der Waals surface area (Å²) in [6.07, 6.45) is 0. The predicted molar refractivity (Wildman–Crippen MR) is 98.3 cm³/mol. The lowest BCUT2D eigenvalue weighted by Gasteiger charge is -2.11. The van der Waals surface area contributed by atoms with Gasteiger partial charge in [0.25, 0.3) is 0 Å². The average molecular weight is 376 g/mol. The summed E-state index contributed by atoms with van der Waals surface area (Å²) < 4.78 is 3.67. The number of carbonyl (C=O) groups excluding carboxylic acids is 1. The number of thioether (sulfide) groups is 1. The molecule has 0 fully saturated rings. The van der Waals surface area contributed by atoms with Crippen molar-refractivity contribution in [1.29, 1.82) is 0 Å². The molecule has 2 heterocycles. The van der Waals surface area contributed by atoms with Crippen LogP contribution in [0.4, 0.5) is 0 Å². The number of aromatic nitrogens is 5. The number of benzene rings is 1. The minimum atomic E-state index is 0.0616. The molecule has 1 aromatic carbocycles. The quantitative estimate of drug-likeness (QED) is 0.488. The fourth-order valence-electron chi connectivity index (χ4n) is 2.68. The van der Waals surface area contributed by atoms with Gasteiger partial charge >= 0.3 is 0 Å². The number of hydrogen-bond acceptors (Lipinski definition) is 5. The predicted octanol–water partition coefficient (Wildman–Crippen LogP) is 3.31. The van der Waals surface area contributed by atoms with Gasteiger partial charge in [-0.25, -0.2) is 4.68 Å². The van der Waals surface area contributed by atoms with Crippen LogP contribution in [0.3, 0.4) is 0 Å². The molecule has 0 amide bonds. The first-order valence-electron chi connectivity index (χ1n) is 7.76. The maximum atomic E-state index is 12.6. The number of rotatable bonds is 6. The van der Waals surface area contributed by atoms with Crippen LogP contribution in [0.1, 0.15) is 27.3 Å². The summed E-state index contributed by atoms with van der Waals surface area (Å²) in [5.74, 6) is 0.358. The van der Waals surface area contributed by atoms with Crippen molar-refractivity contribution < 1.29 is 4.79 Å². The van der Waals surface area contributed by atoms with Crippen LogP contribution in [0.5, 0.6) is 0 Å². The zero-order valence-electron chi connectivity index (χ0n) is 14.2. The van der Waals surface area contributed by atoms with Crippen molar-refractivity contribution in [3.8, 4) is 0 Å². The Morgan fingerprint density at radius 1 is 1.28 bits per heavy atom. The molecule has 0 saturated carbocycles. The van der Waals surface area contributed by atoms with Gasteiger partial charge in [0.1, 0.15) is 0 Å². The molecule has 0 saturated heterocycles. The zero-order chi connectivity index (χ0) is 18.0. The topological polar surface area (TPSA) is 65.6 Å². The highest BCUT2D eigenvalue weighted by Crippen LogP contribution is 2.23. The van der Waals surface area contributed by atoms with Crippen molar-refractivity contribution in [2.24, 2.45) is 7.05 Å². The molecular weight excluding hydrogens is 358 g/mol. The van der Waals surface area contributed by atoms with Crippen molar-refractivity contribution in [2.75, 3.05) is 5.75 Å². The number of aryl methyl sites for hydroxylation is 2. The van der Waals surface area contributed by atoms with E-state index < -0.39 is 0 Å². The molecule has 0 aliphatic carbocycles. The molecule has 0 radical (unpaired) electrons. The van der Waals surface area contributed by atoms with Crippen LogP contribution < -0.4 is 0 Å². The molecule has 0 spiro atoms. The van der Waals surface area contributed by atoms with Crippen molar-refractivity contribution in [2.45, 2.75) is 25.5 Å². The number of hydrogen-bond donors (Lipinski definition) is 0. The molecule has 0 unspecified atom stereocenters. The highest BCUT2D eigenvalue weighted by Gasteiger charge is 2.17. The van der Waals surface area contributed by atoms with Gasteiger partial charge in [-0.2, -0.15) is 0 Å². The molecule has 6 nitrogen and oxygen atoms in total. The normalized spacial score (nSPS) is 11.0. The molecule has 0 atom stereocenters. The second-order valence-electron chi connectivity index (χ2n) is 5.76. The van der Waals surface area contributed by atoms with E-state index in [1.807, 2.05) is 44.2 Å². The Hall–Kier alpha value is -2.12. The van der Waals surface area contributed by atoms with Crippen molar-refractivity contribution in [1.82, 2.24) is 24.8 Å². The first-order valence-corrected chi connectivity index (χ1v) is 9.12. The summed E-state index contributed by atoms with van der Waals surface area (Å²) in [4.78, 5) is 12.6. The number of tetrazole rings is 1. The minimum Gasteiger partial charge on any atom is -0.344 e. The van der Waals surface area contributed by atoms with Gasteiger partial charge < -0.3 is 4.57 Å². The molecule has 0 aliphatic heterocycles. The van der Waals surface area contributed by atoms with E-state index >= 15 is 0 Å². The van der Waals surface area contributed by atoms with E-state index in [2.05, 4.69) is 20.1 Å². The molecule has 0 bridgehead atoms. The van der Waals surface area contributed by atoms with Gasteiger partial charge in [-0.15, -0.1) is 5.10 Å². The van der Waals surface area contributed by atoms with Crippen LogP contribution in [-0.4, -0.2) is 36.3 Å². The van der Waals surface area contributed by atoms with Gasteiger partial charge in [0.2, 0.25) is 5.16 Å². The van der Waals surface area contributed by atoms with E-state index in [9.17, 15) is 4.79 Å². The van der Waals surface area contributed by atoms with E-state index in [-0.39, 0.29) is 5.78 Å².